The minimum absolute atomic E-state index is 0.00318. The standard InChI is InChI=1S/C20H24ClN3O3/c1-26-18-11-16(12-19(27-2)20(18)25)13-22-24-9-7-23(8-10-24)14-15-3-5-17(21)6-4-15/h3-6,11-13,25H,7-10,14H2,1-2H3/p+1. The second-order valence-corrected chi connectivity index (χ2v) is 6.96. The Morgan fingerprint density at radius 3 is 2.26 bits per heavy atom. The number of aromatic hydroxyl groups is 1. The molecule has 0 aliphatic carbocycles. The van der Waals surface area contributed by atoms with Crippen LogP contribution in [-0.2, 0) is 6.54 Å². The lowest BCUT2D eigenvalue weighted by molar-refractivity contribution is -0.918. The fourth-order valence-corrected chi connectivity index (χ4v) is 3.26. The normalized spacial score (nSPS) is 15.3. The molecule has 144 valence electrons. The highest BCUT2D eigenvalue weighted by molar-refractivity contribution is 6.30. The third-order valence-electron chi connectivity index (χ3n) is 4.69. The number of hydrogen-bond acceptors (Lipinski definition) is 5. The fourth-order valence-electron chi connectivity index (χ4n) is 3.13. The van der Waals surface area contributed by atoms with E-state index in [1.165, 1.54) is 24.7 Å². The molecule has 6 nitrogen and oxygen atoms in total. The first-order valence-corrected chi connectivity index (χ1v) is 9.28. The third-order valence-corrected chi connectivity index (χ3v) is 4.94. The van der Waals surface area contributed by atoms with Crippen molar-refractivity contribution in [3.63, 3.8) is 0 Å². The van der Waals surface area contributed by atoms with Gasteiger partial charge in [0.15, 0.2) is 11.5 Å². The zero-order chi connectivity index (χ0) is 19.2. The smallest absolute Gasteiger partial charge is 0.200 e. The van der Waals surface area contributed by atoms with Crippen molar-refractivity contribution in [2.75, 3.05) is 40.4 Å². The van der Waals surface area contributed by atoms with Gasteiger partial charge in [-0.25, -0.2) is 0 Å². The Hall–Kier alpha value is -2.44. The van der Waals surface area contributed by atoms with E-state index in [0.717, 1.165) is 43.3 Å². The Morgan fingerprint density at radius 1 is 1.11 bits per heavy atom. The molecule has 27 heavy (non-hydrogen) atoms. The van der Waals surface area contributed by atoms with E-state index in [2.05, 4.69) is 22.2 Å². The van der Waals surface area contributed by atoms with Crippen LogP contribution in [0.4, 0.5) is 0 Å². The molecule has 0 bridgehead atoms. The maximum absolute atomic E-state index is 9.98. The first kappa shape index (κ1) is 19.3. The number of piperazine rings is 1. The minimum Gasteiger partial charge on any atom is -0.502 e. The van der Waals surface area contributed by atoms with E-state index in [9.17, 15) is 5.11 Å². The van der Waals surface area contributed by atoms with Gasteiger partial charge in [0.1, 0.15) is 6.54 Å². The number of methoxy groups -OCH3 is 2. The number of nitrogens with zero attached hydrogens (tertiary/aromatic N) is 2. The molecule has 0 saturated carbocycles. The summed E-state index contributed by atoms with van der Waals surface area (Å²) in [5, 5.41) is 17.4. The first-order chi connectivity index (χ1) is 13.1. The van der Waals surface area contributed by atoms with Gasteiger partial charge >= 0.3 is 0 Å². The zero-order valence-electron chi connectivity index (χ0n) is 15.6. The second kappa shape index (κ2) is 8.97. The van der Waals surface area contributed by atoms with Gasteiger partial charge < -0.3 is 19.5 Å². The van der Waals surface area contributed by atoms with Crippen LogP contribution in [0.2, 0.25) is 5.02 Å². The Labute approximate surface area is 164 Å². The molecule has 2 aromatic carbocycles. The van der Waals surface area contributed by atoms with Gasteiger partial charge in [0.2, 0.25) is 5.75 Å². The lowest BCUT2D eigenvalue weighted by Gasteiger charge is -2.30. The molecule has 0 atom stereocenters. The lowest BCUT2D eigenvalue weighted by atomic mass is 10.2. The number of hydrogen-bond donors (Lipinski definition) is 2. The fraction of sp³-hybridized carbons (Fsp3) is 0.350. The van der Waals surface area contributed by atoms with Crippen LogP contribution in [0.5, 0.6) is 17.2 Å². The van der Waals surface area contributed by atoms with Gasteiger partial charge in [-0.2, -0.15) is 5.10 Å². The Bertz CT molecular complexity index is 763. The summed E-state index contributed by atoms with van der Waals surface area (Å²) in [5.74, 6) is 0.734. The van der Waals surface area contributed by atoms with Gasteiger partial charge in [0.05, 0.1) is 46.6 Å². The van der Waals surface area contributed by atoms with Crippen molar-refractivity contribution in [2.24, 2.45) is 5.10 Å². The van der Waals surface area contributed by atoms with E-state index >= 15 is 0 Å². The molecule has 7 heteroatoms. The molecule has 0 unspecified atom stereocenters. The average molecular weight is 391 g/mol. The Morgan fingerprint density at radius 2 is 1.70 bits per heavy atom. The van der Waals surface area contributed by atoms with Gasteiger partial charge in [-0.3, -0.25) is 5.01 Å². The number of quaternary nitrogens is 1. The summed E-state index contributed by atoms with van der Waals surface area (Å²) in [4.78, 5) is 1.54. The number of benzene rings is 2. The average Bonchev–Trinajstić information content (AvgIpc) is 2.70. The monoisotopic (exact) mass is 390 g/mol. The highest BCUT2D eigenvalue weighted by Crippen LogP contribution is 2.36. The first-order valence-electron chi connectivity index (χ1n) is 8.91. The predicted molar refractivity (Wildman–Crippen MR) is 106 cm³/mol. The number of halogens is 1. The molecule has 0 amide bonds. The largest absolute Gasteiger partial charge is 0.502 e. The molecule has 1 aliphatic heterocycles. The van der Waals surface area contributed by atoms with Gasteiger partial charge in [-0.1, -0.05) is 23.7 Å². The van der Waals surface area contributed by atoms with Crippen molar-refractivity contribution in [1.82, 2.24) is 5.01 Å². The summed E-state index contributed by atoms with van der Waals surface area (Å²) < 4.78 is 10.4. The van der Waals surface area contributed by atoms with Crippen LogP contribution in [0.15, 0.2) is 41.5 Å². The molecule has 1 fully saturated rings. The molecule has 0 aromatic heterocycles. The molecule has 0 spiro atoms. The minimum atomic E-state index is -0.00318. The topological polar surface area (TPSA) is 58.7 Å². The van der Waals surface area contributed by atoms with Gasteiger partial charge in [-0.05, 0) is 24.3 Å². The van der Waals surface area contributed by atoms with Crippen LogP contribution < -0.4 is 14.4 Å². The number of ether oxygens (including phenoxy) is 2. The van der Waals surface area contributed by atoms with Crippen LogP contribution >= 0.6 is 11.6 Å². The van der Waals surface area contributed by atoms with Crippen LogP contribution in [0.3, 0.4) is 0 Å². The summed E-state index contributed by atoms with van der Waals surface area (Å²) in [5.41, 5.74) is 2.12. The summed E-state index contributed by atoms with van der Waals surface area (Å²) >= 11 is 5.95. The quantitative estimate of drug-likeness (QED) is 0.738. The summed E-state index contributed by atoms with van der Waals surface area (Å²) in [7, 11) is 3.02. The van der Waals surface area contributed by atoms with Crippen LogP contribution in [0, 0.1) is 0 Å². The molecule has 2 N–H and O–H groups in total. The van der Waals surface area contributed by atoms with E-state index in [1.54, 1.807) is 18.3 Å². The summed E-state index contributed by atoms with van der Waals surface area (Å²) in [6.45, 7) is 4.85. The van der Waals surface area contributed by atoms with E-state index in [1.807, 2.05) is 12.1 Å². The lowest BCUT2D eigenvalue weighted by Crippen LogP contribution is -3.13. The van der Waals surface area contributed by atoms with Crippen LogP contribution in [-0.4, -0.2) is 56.7 Å². The number of rotatable bonds is 6. The highest BCUT2D eigenvalue weighted by Gasteiger charge is 2.19. The van der Waals surface area contributed by atoms with Crippen LogP contribution in [0.25, 0.3) is 0 Å². The van der Waals surface area contributed by atoms with Gasteiger partial charge in [0.25, 0.3) is 0 Å². The number of phenols is 1. The SMILES string of the molecule is COc1cc(C=NN2CC[NH+](Cc3ccc(Cl)cc3)CC2)cc(OC)c1O. The van der Waals surface area contributed by atoms with E-state index in [-0.39, 0.29) is 5.75 Å². The third kappa shape index (κ3) is 5.05. The molecule has 2 aromatic rings. The summed E-state index contributed by atoms with van der Waals surface area (Å²) in [6, 6.07) is 11.5. The Balaban J connectivity index is 1.56. The maximum atomic E-state index is 9.98. The zero-order valence-corrected chi connectivity index (χ0v) is 16.4. The van der Waals surface area contributed by atoms with Crippen LogP contribution in [0.1, 0.15) is 11.1 Å². The van der Waals surface area contributed by atoms with Crippen molar-refractivity contribution in [3.8, 4) is 17.2 Å². The van der Waals surface area contributed by atoms with Crippen molar-refractivity contribution < 1.29 is 19.5 Å². The number of hydrazone groups is 1. The van der Waals surface area contributed by atoms with Crippen molar-refractivity contribution in [2.45, 2.75) is 6.54 Å². The van der Waals surface area contributed by atoms with Gasteiger partial charge in [0, 0.05) is 16.1 Å². The van der Waals surface area contributed by atoms with E-state index in [4.69, 9.17) is 21.1 Å². The predicted octanol–water partition coefficient (Wildman–Crippen LogP) is 1.80. The molecule has 1 aliphatic rings. The molecular weight excluding hydrogens is 366 g/mol. The Kier molecular flexibility index (Phi) is 6.42. The number of phenolic OH excluding ortho intramolecular Hbond substituents is 1. The van der Waals surface area contributed by atoms with E-state index in [0.29, 0.717) is 11.5 Å². The summed E-state index contributed by atoms with van der Waals surface area (Å²) in [6.07, 6.45) is 1.77. The van der Waals surface area contributed by atoms with Gasteiger partial charge in [-0.15, -0.1) is 0 Å². The second-order valence-electron chi connectivity index (χ2n) is 6.53. The molecule has 1 heterocycles. The molecule has 1 saturated heterocycles. The molecule has 3 rings (SSSR count). The van der Waals surface area contributed by atoms with Crippen molar-refractivity contribution >= 4 is 17.8 Å². The maximum Gasteiger partial charge on any atom is 0.200 e. The molecular formula is C20H25ClN3O3+. The highest BCUT2D eigenvalue weighted by atomic mass is 35.5. The number of nitrogens with one attached hydrogen (secondary N) is 1. The van der Waals surface area contributed by atoms with Crippen molar-refractivity contribution in [1.29, 1.82) is 0 Å². The molecule has 0 radical (unpaired) electrons. The van der Waals surface area contributed by atoms with Crippen molar-refractivity contribution in [3.05, 3.63) is 52.5 Å². The van der Waals surface area contributed by atoms with E-state index < -0.39 is 0 Å².